The standard InChI is InChI=1S/C7H10N4O2/c8-6-10-5(12)4-7(9,13)2-1-3-11(4)6/h1-2,4,13H,3,9H2,(H2,8,10,12). The first kappa shape index (κ1) is 8.21. The maximum absolute atomic E-state index is 11.3. The molecular formula is C7H10N4O2. The van der Waals surface area contributed by atoms with E-state index in [-0.39, 0.29) is 5.96 Å². The van der Waals surface area contributed by atoms with Crippen molar-refractivity contribution in [2.45, 2.75) is 11.8 Å². The lowest BCUT2D eigenvalue weighted by molar-refractivity contribution is -0.126. The van der Waals surface area contributed by atoms with Gasteiger partial charge in [0, 0.05) is 6.54 Å². The van der Waals surface area contributed by atoms with Crippen LogP contribution in [0.25, 0.3) is 0 Å². The monoisotopic (exact) mass is 182 g/mol. The van der Waals surface area contributed by atoms with Crippen molar-refractivity contribution in [2.75, 3.05) is 6.54 Å². The Labute approximate surface area is 74.5 Å². The van der Waals surface area contributed by atoms with Crippen LogP contribution in [0, 0.1) is 0 Å². The largest absolute Gasteiger partial charge is 0.370 e. The first-order valence-electron chi connectivity index (χ1n) is 3.86. The molecule has 2 atom stereocenters. The molecule has 0 saturated carbocycles. The van der Waals surface area contributed by atoms with E-state index in [0.29, 0.717) is 6.54 Å². The summed E-state index contributed by atoms with van der Waals surface area (Å²) in [5.74, 6) is -0.380. The van der Waals surface area contributed by atoms with Crippen LogP contribution in [0.2, 0.25) is 0 Å². The van der Waals surface area contributed by atoms with E-state index in [1.54, 1.807) is 6.08 Å². The number of hydrogen-bond acceptors (Lipinski definition) is 5. The van der Waals surface area contributed by atoms with Gasteiger partial charge in [-0.05, 0) is 6.08 Å². The molecule has 5 N–H and O–H groups in total. The minimum Gasteiger partial charge on any atom is -0.370 e. The molecule has 0 aromatic heterocycles. The number of aliphatic imine (C=N–C) groups is 1. The molecule has 0 aliphatic carbocycles. The third kappa shape index (κ3) is 1.03. The molecule has 2 heterocycles. The summed E-state index contributed by atoms with van der Waals surface area (Å²) >= 11 is 0. The van der Waals surface area contributed by atoms with Gasteiger partial charge in [0.15, 0.2) is 17.7 Å². The van der Waals surface area contributed by atoms with Crippen LogP contribution >= 0.6 is 0 Å². The molecule has 2 aliphatic heterocycles. The Morgan fingerprint density at radius 1 is 1.77 bits per heavy atom. The van der Waals surface area contributed by atoms with Crippen LogP contribution in [0.3, 0.4) is 0 Å². The molecule has 2 unspecified atom stereocenters. The zero-order valence-corrected chi connectivity index (χ0v) is 6.84. The predicted octanol–water partition coefficient (Wildman–Crippen LogP) is -2.27. The SMILES string of the molecule is NC1=NC(=O)C2N1CC=CC2(N)O. The number of carbonyl (C=O) groups is 1. The summed E-state index contributed by atoms with van der Waals surface area (Å²) in [4.78, 5) is 16.3. The summed E-state index contributed by atoms with van der Waals surface area (Å²) in [5, 5.41) is 9.63. The highest BCUT2D eigenvalue weighted by molar-refractivity contribution is 6.03. The Morgan fingerprint density at radius 3 is 3.08 bits per heavy atom. The number of hydrogen-bond donors (Lipinski definition) is 3. The number of amides is 1. The molecule has 0 spiro atoms. The van der Waals surface area contributed by atoms with Gasteiger partial charge in [0.1, 0.15) is 0 Å². The topological polar surface area (TPSA) is 105 Å². The van der Waals surface area contributed by atoms with Crippen molar-refractivity contribution in [1.29, 1.82) is 0 Å². The van der Waals surface area contributed by atoms with Gasteiger partial charge in [0.05, 0.1) is 0 Å². The van der Waals surface area contributed by atoms with Crippen molar-refractivity contribution in [2.24, 2.45) is 16.5 Å². The van der Waals surface area contributed by atoms with E-state index in [1.807, 2.05) is 0 Å². The molecule has 13 heavy (non-hydrogen) atoms. The van der Waals surface area contributed by atoms with Gasteiger partial charge in [0.2, 0.25) is 0 Å². The molecule has 70 valence electrons. The fraction of sp³-hybridized carbons (Fsp3) is 0.429. The van der Waals surface area contributed by atoms with Crippen LogP contribution in [0.1, 0.15) is 0 Å². The molecule has 6 heteroatoms. The molecule has 0 aromatic carbocycles. The first-order valence-corrected chi connectivity index (χ1v) is 3.86. The van der Waals surface area contributed by atoms with Crippen LogP contribution < -0.4 is 11.5 Å². The minimum absolute atomic E-state index is 0.114. The second-order valence-corrected chi connectivity index (χ2v) is 3.15. The summed E-state index contributed by atoms with van der Waals surface area (Å²) in [6.45, 7) is 0.450. The maximum atomic E-state index is 11.3. The first-order chi connectivity index (χ1) is 6.02. The third-order valence-electron chi connectivity index (χ3n) is 2.19. The number of guanidine groups is 1. The van der Waals surface area contributed by atoms with Gasteiger partial charge < -0.3 is 15.7 Å². The number of nitrogens with two attached hydrogens (primary N) is 2. The number of nitrogens with zero attached hydrogens (tertiary/aromatic N) is 2. The van der Waals surface area contributed by atoms with Crippen molar-refractivity contribution >= 4 is 11.9 Å². The zero-order valence-electron chi connectivity index (χ0n) is 6.84. The van der Waals surface area contributed by atoms with Gasteiger partial charge in [-0.2, -0.15) is 4.99 Å². The molecule has 0 bridgehead atoms. The maximum Gasteiger partial charge on any atom is 0.276 e. The quantitative estimate of drug-likeness (QED) is 0.289. The highest BCUT2D eigenvalue weighted by Crippen LogP contribution is 2.22. The van der Waals surface area contributed by atoms with Crippen molar-refractivity contribution in [1.82, 2.24) is 4.90 Å². The zero-order chi connectivity index (χ0) is 9.64. The van der Waals surface area contributed by atoms with Crippen LogP contribution in [0.15, 0.2) is 17.1 Å². The van der Waals surface area contributed by atoms with Gasteiger partial charge in [-0.1, -0.05) is 6.08 Å². The van der Waals surface area contributed by atoms with Crippen LogP contribution in [0.5, 0.6) is 0 Å². The Morgan fingerprint density at radius 2 is 2.46 bits per heavy atom. The summed E-state index contributed by atoms with van der Waals surface area (Å²) in [6, 6.07) is -0.863. The Bertz CT molecular complexity index is 320. The number of rotatable bonds is 0. The van der Waals surface area contributed by atoms with Crippen LogP contribution in [-0.4, -0.2) is 40.2 Å². The number of carbonyl (C=O) groups excluding carboxylic acids is 1. The Balaban J connectivity index is 2.41. The molecular weight excluding hydrogens is 172 g/mol. The van der Waals surface area contributed by atoms with Gasteiger partial charge in [0.25, 0.3) is 5.91 Å². The van der Waals surface area contributed by atoms with Crippen molar-refractivity contribution in [3.63, 3.8) is 0 Å². The van der Waals surface area contributed by atoms with Crippen molar-refractivity contribution < 1.29 is 9.90 Å². The fourth-order valence-corrected chi connectivity index (χ4v) is 1.60. The highest BCUT2D eigenvalue weighted by atomic mass is 16.3. The summed E-state index contributed by atoms with van der Waals surface area (Å²) in [5.41, 5.74) is 9.28. The lowest BCUT2D eigenvalue weighted by Gasteiger charge is -2.35. The van der Waals surface area contributed by atoms with Crippen molar-refractivity contribution in [3.8, 4) is 0 Å². The van der Waals surface area contributed by atoms with Gasteiger partial charge in [-0.3, -0.25) is 10.5 Å². The summed E-state index contributed by atoms with van der Waals surface area (Å²) in [7, 11) is 0. The van der Waals surface area contributed by atoms with Gasteiger partial charge in [-0.25, -0.2) is 0 Å². The number of fused-ring (bicyclic) bond motifs is 1. The van der Waals surface area contributed by atoms with E-state index in [9.17, 15) is 9.90 Å². The smallest absolute Gasteiger partial charge is 0.276 e. The second-order valence-electron chi connectivity index (χ2n) is 3.15. The van der Waals surface area contributed by atoms with Crippen molar-refractivity contribution in [3.05, 3.63) is 12.2 Å². The minimum atomic E-state index is -1.67. The molecule has 0 fully saturated rings. The van der Waals surface area contributed by atoms with E-state index < -0.39 is 17.7 Å². The van der Waals surface area contributed by atoms with Gasteiger partial charge in [-0.15, -0.1) is 0 Å². The molecule has 0 aromatic rings. The normalized spacial score (nSPS) is 37.7. The Kier molecular flexibility index (Phi) is 1.45. The van der Waals surface area contributed by atoms with E-state index in [0.717, 1.165) is 0 Å². The van der Waals surface area contributed by atoms with E-state index in [4.69, 9.17) is 11.5 Å². The van der Waals surface area contributed by atoms with Gasteiger partial charge >= 0.3 is 0 Å². The van der Waals surface area contributed by atoms with E-state index in [1.165, 1.54) is 11.0 Å². The third-order valence-corrected chi connectivity index (χ3v) is 2.19. The van der Waals surface area contributed by atoms with Crippen LogP contribution in [-0.2, 0) is 4.79 Å². The van der Waals surface area contributed by atoms with E-state index in [2.05, 4.69) is 4.99 Å². The summed E-state index contributed by atoms with van der Waals surface area (Å²) in [6.07, 6.45) is 3.04. The molecule has 2 rings (SSSR count). The summed E-state index contributed by atoms with van der Waals surface area (Å²) < 4.78 is 0. The molecule has 6 nitrogen and oxygen atoms in total. The highest BCUT2D eigenvalue weighted by Gasteiger charge is 2.47. The lowest BCUT2D eigenvalue weighted by Crippen LogP contribution is -2.62. The Hall–Kier alpha value is -1.40. The number of aliphatic hydroxyl groups is 1. The average Bonchev–Trinajstić information content (AvgIpc) is 2.27. The molecule has 1 amide bonds. The lowest BCUT2D eigenvalue weighted by atomic mass is 10.00. The predicted molar refractivity (Wildman–Crippen MR) is 45.4 cm³/mol. The fourth-order valence-electron chi connectivity index (χ4n) is 1.60. The molecule has 0 saturated heterocycles. The molecule has 2 aliphatic rings. The second kappa shape index (κ2) is 2.30. The van der Waals surface area contributed by atoms with E-state index >= 15 is 0 Å². The molecule has 0 radical (unpaired) electrons. The average molecular weight is 182 g/mol. The van der Waals surface area contributed by atoms with Crippen LogP contribution in [0.4, 0.5) is 0 Å².